The quantitative estimate of drug-likeness (QED) is 0.708. The van der Waals surface area contributed by atoms with E-state index in [0.717, 1.165) is 5.56 Å². The Kier molecular flexibility index (Phi) is 5.25. The van der Waals surface area contributed by atoms with Gasteiger partial charge in [-0.2, -0.15) is 0 Å². The highest BCUT2D eigenvalue weighted by atomic mass is 79.9. The van der Waals surface area contributed by atoms with E-state index in [9.17, 15) is 9.18 Å². The van der Waals surface area contributed by atoms with Crippen LogP contribution in [0.3, 0.4) is 0 Å². The van der Waals surface area contributed by atoms with E-state index in [1.807, 2.05) is 0 Å². The van der Waals surface area contributed by atoms with Gasteiger partial charge in [0.15, 0.2) is 0 Å². The van der Waals surface area contributed by atoms with Gasteiger partial charge in [-0.05, 0) is 35.9 Å². The van der Waals surface area contributed by atoms with Crippen LogP contribution >= 0.6 is 39.1 Å². The fourth-order valence-electron chi connectivity index (χ4n) is 1.85. The predicted octanol–water partition coefficient (Wildman–Crippen LogP) is 5.17. The number of benzene rings is 2. The topological polar surface area (TPSA) is 20.3 Å². The second-order valence-electron chi connectivity index (χ2n) is 4.52. The van der Waals surface area contributed by atoms with Crippen LogP contribution in [0.25, 0.3) is 0 Å². The summed E-state index contributed by atoms with van der Waals surface area (Å²) in [5, 5.41) is 0.995. The van der Waals surface area contributed by atoms with E-state index in [4.69, 9.17) is 23.2 Å². The van der Waals surface area contributed by atoms with Gasteiger partial charge in [-0.1, -0.05) is 45.2 Å². The molecule has 110 valence electrons. The first-order valence-corrected chi connectivity index (χ1v) is 7.58. The van der Waals surface area contributed by atoms with Crippen molar-refractivity contribution >= 4 is 45.0 Å². The van der Waals surface area contributed by atoms with E-state index in [1.165, 1.54) is 17.0 Å². The molecule has 0 fully saturated rings. The molecule has 0 saturated carbocycles. The highest BCUT2D eigenvalue weighted by Crippen LogP contribution is 2.23. The Labute approximate surface area is 140 Å². The van der Waals surface area contributed by atoms with Gasteiger partial charge in [-0.3, -0.25) is 4.79 Å². The molecule has 0 aliphatic carbocycles. The fraction of sp³-hybridized carbons (Fsp3) is 0.133. The molecular weight excluding hydrogens is 380 g/mol. The van der Waals surface area contributed by atoms with E-state index < -0.39 is 11.7 Å². The number of carbonyl (C=O) groups excluding carboxylic acids is 1. The van der Waals surface area contributed by atoms with Crippen LogP contribution in [0.1, 0.15) is 15.9 Å². The summed E-state index contributed by atoms with van der Waals surface area (Å²) in [5.41, 5.74) is 0.764. The predicted molar refractivity (Wildman–Crippen MR) is 86.4 cm³/mol. The highest BCUT2D eigenvalue weighted by molar-refractivity contribution is 9.10. The first kappa shape index (κ1) is 16.3. The van der Waals surface area contributed by atoms with E-state index in [-0.39, 0.29) is 12.1 Å². The van der Waals surface area contributed by atoms with Gasteiger partial charge in [0.1, 0.15) is 5.82 Å². The first-order valence-electron chi connectivity index (χ1n) is 6.03. The summed E-state index contributed by atoms with van der Waals surface area (Å²) in [5.74, 6) is -0.977. The van der Waals surface area contributed by atoms with Crippen molar-refractivity contribution in [2.75, 3.05) is 7.05 Å². The van der Waals surface area contributed by atoms with Gasteiger partial charge >= 0.3 is 0 Å². The first-order chi connectivity index (χ1) is 9.88. The number of hydrogen-bond donors (Lipinski definition) is 0. The largest absolute Gasteiger partial charge is 0.337 e. The molecule has 1 amide bonds. The number of rotatable bonds is 3. The molecule has 0 atom stereocenters. The van der Waals surface area contributed by atoms with Gasteiger partial charge in [0, 0.05) is 28.1 Å². The lowest BCUT2D eigenvalue weighted by molar-refractivity contribution is 0.0780. The Hall–Kier alpha value is -1.10. The zero-order valence-corrected chi connectivity index (χ0v) is 14.1. The lowest BCUT2D eigenvalue weighted by atomic mass is 10.1. The second-order valence-corrected chi connectivity index (χ2v) is 6.28. The van der Waals surface area contributed by atoms with Crippen molar-refractivity contribution in [1.82, 2.24) is 4.90 Å². The molecule has 0 aliphatic heterocycles. The van der Waals surface area contributed by atoms with Crippen LogP contribution in [0.2, 0.25) is 10.0 Å². The molecule has 6 heteroatoms. The van der Waals surface area contributed by atoms with Gasteiger partial charge in [0.05, 0.1) is 5.56 Å². The number of nitrogens with zero attached hydrogens (tertiary/aromatic N) is 1. The SMILES string of the molecule is CN(Cc1ccc(Cl)cc1Cl)C(=O)c1ccc(Br)cc1F. The summed E-state index contributed by atoms with van der Waals surface area (Å²) in [4.78, 5) is 13.7. The summed E-state index contributed by atoms with van der Waals surface area (Å²) in [6.07, 6.45) is 0. The van der Waals surface area contributed by atoms with Crippen molar-refractivity contribution in [3.8, 4) is 0 Å². The number of hydrogen-bond acceptors (Lipinski definition) is 1. The van der Waals surface area contributed by atoms with E-state index >= 15 is 0 Å². The van der Waals surface area contributed by atoms with Gasteiger partial charge in [-0.15, -0.1) is 0 Å². The van der Waals surface area contributed by atoms with E-state index in [1.54, 1.807) is 31.3 Å². The van der Waals surface area contributed by atoms with Crippen LogP contribution in [-0.4, -0.2) is 17.9 Å². The lowest BCUT2D eigenvalue weighted by Gasteiger charge is -2.18. The molecule has 21 heavy (non-hydrogen) atoms. The number of amides is 1. The van der Waals surface area contributed by atoms with Crippen LogP contribution in [0.4, 0.5) is 4.39 Å². The number of halogens is 4. The molecule has 0 bridgehead atoms. The number of carbonyl (C=O) groups is 1. The van der Waals surface area contributed by atoms with Crippen LogP contribution in [0, 0.1) is 5.82 Å². The average Bonchev–Trinajstić information content (AvgIpc) is 2.41. The summed E-state index contributed by atoms with van der Waals surface area (Å²) < 4.78 is 14.4. The van der Waals surface area contributed by atoms with E-state index in [2.05, 4.69) is 15.9 Å². The van der Waals surface area contributed by atoms with E-state index in [0.29, 0.717) is 14.5 Å². The Bertz CT molecular complexity index is 693. The van der Waals surface area contributed by atoms with Gasteiger partial charge in [-0.25, -0.2) is 4.39 Å². The molecule has 2 rings (SSSR count). The third-order valence-corrected chi connectivity index (χ3v) is 4.01. The molecule has 0 N–H and O–H groups in total. The van der Waals surface area contributed by atoms with Crippen molar-refractivity contribution in [2.24, 2.45) is 0 Å². The summed E-state index contributed by atoms with van der Waals surface area (Å²) >= 11 is 15.1. The standard InChI is InChI=1S/C15H11BrCl2FNO/c1-20(8-9-2-4-11(17)7-13(9)18)15(21)12-5-3-10(16)6-14(12)19/h2-7H,8H2,1H3. The molecule has 0 spiro atoms. The maximum absolute atomic E-state index is 13.8. The minimum absolute atomic E-state index is 0.0192. The lowest BCUT2D eigenvalue weighted by Crippen LogP contribution is -2.27. The smallest absolute Gasteiger partial charge is 0.256 e. The average molecular weight is 391 g/mol. The maximum Gasteiger partial charge on any atom is 0.256 e. The molecule has 2 nitrogen and oxygen atoms in total. The molecule has 2 aromatic rings. The van der Waals surface area contributed by atoms with Crippen LogP contribution in [-0.2, 0) is 6.54 Å². The van der Waals surface area contributed by atoms with Crippen LogP contribution in [0.15, 0.2) is 40.9 Å². The summed E-state index contributed by atoms with van der Waals surface area (Å²) in [6, 6.07) is 9.38. The monoisotopic (exact) mass is 389 g/mol. The molecule has 0 saturated heterocycles. The van der Waals surface area contributed by atoms with Crippen LogP contribution < -0.4 is 0 Å². The molecule has 0 heterocycles. The summed E-state index contributed by atoms with van der Waals surface area (Å²) in [7, 11) is 1.59. The van der Waals surface area contributed by atoms with Gasteiger partial charge < -0.3 is 4.90 Å². The molecule has 2 aromatic carbocycles. The zero-order valence-electron chi connectivity index (χ0n) is 11.0. The van der Waals surface area contributed by atoms with Crippen LogP contribution in [0.5, 0.6) is 0 Å². The van der Waals surface area contributed by atoms with Crippen molar-refractivity contribution in [1.29, 1.82) is 0 Å². The van der Waals surface area contributed by atoms with Gasteiger partial charge in [0.2, 0.25) is 0 Å². The molecule has 0 aromatic heterocycles. The van der Waals surface area contributed by atoms with Crippen molar-refractivity contribution in [3.05, 3.63) is 67.9 Å². The minimum Gasteiger partial charge on any atom is -0.337 e. The van der Waals surface area contributed by atoms with Gasteiger partial charge in [0.25, 0.3) is 5.91 Å². The van der Waals surface area contributed by atoms with Crippen molar-refractivity contribution < 1.29 is 9.18 Å². The van der Waals surface area contributed by atoms with Crippen molar-refractivity contribution in [3.63, 3.8) is 0 Å². The fourth-order valence-corrected chi connectivity index (χ4v) is 2.65. The highest BCUT2D eigenvalue weighted by Gasteiger charge is 2.17. The summed E-state index contributed by atoms with van der Waals surface area (Å²) in [6.45, 7) is 0.268. The minimum atomic E-state index is -0.566. The zero-order chi connectivity index (χ0) is 15.6. The third kappa shape index (κ3) is 3.96. The molecular formula is C15H11BrCl2FNO. The molecule has 0 radical (unpaired) electrons. The Balaban J connectivity index is 2.19. The Morgan fingerprint density at radius 3 is 2.57 bits per heavy atom. The third-order valence-electron chi connectivity index (χ3n) is 2.93. The normalized spacial score (nSPS) is 10.5. The maximum atomic E-state index is 13.8. The Morgan fingerprint density at radius 2 is 1.95 bits per heavy atom. The second kappa shape index (κ2) is 6.77. The molecule has 0 unspecified atom stereocenters. The molecule has 0 aliphatic rings. The Morgan fingerprint density at radius 1 is 1.24 bits per heavy atom. The van der Waals surface area contributed by atoms with Crippen molar-refractivity contribution in [2.45, 2.75) is 6.54 Å².